The SMILES string of the molecule is CCOC(OCC)P(=O)(OCC)C(O)Cc1ccccc1. The summed E-state index contributed by atoms with van der Waals surface area (Å²) in [7, 11) is -3.51. The Morgan fingerprint density at radius 2 is 1.62 bits per heavy atom. The average Bonchev–Trinajstić information content (AvgIpc) is 2.48. The van der Waals surface area contributed by atoms with Gasteiger partial charge in [0.1, 0.15) is 5.85 Å². The fourth-order valence-corrected chi connectivity index (χ4v) is 4.14. The summed E-state index contributed by atoms with van der Waals surface area (Å²) in [4.78, 5) is 0. The zero-order valence-corrected chi connectivity index (χ0v) is 13.8. The Morgan fingerprint density at radius 1 is 1.05 bits per heavy atom. The summed E-state index contributed by atoms with van der Waals surface area (Å²) in [6.45, 7) is 6.19. The van der Waals surface area contributed by atoms with Gasteiger partial charge in [0, 0.05) is 19.6 Å². The number of rotatable bonds is 10. The molecule has 6 heteroatoms. The van der Waals surface area contributed by atoms with E-state index in [1.54, 1.807) is 20.8 Å². The lowest BCUT2D eigenvalue weighted by Gasteiger charge is -2.30. The molecule has 0 bridgehead atoms. The van der Waals surface area contributed by atoms with Crippen LogP contribution in [0, 0.1) is 0 Å². The molecule has 0 aliphatic rings. The van der Waals surface area contributed by atoms with Crippen molar-refractivity contribution in [1.82, 2.24) is 0 Å². The van der Waals surface area contributed by atoms with Crippen LogP contribution in [-0.2, 0) is 25.0 Å². The zero-order valence-electron chi connectivity index (χ0n) is 12.9. The minimum Gasteiger partial charge on any atom is -0.382 e. The highest BCUT2D eigenvalue weighted by Gasteiger charge is 2.42. The number of hydrogen-bond donors (Lipinski definition) is 1. The number of aliphatic hydroxyl groups excluding tert-OH is 1. The highest BCUT2D eigenvalue weighted by Crippen LogP contribution is 2.57. The maximum Gasteiger partial charge on any atom is 0.285 e. The normalized spacial score (nSPS) is 15.9. The molecule has 0 saturated heterocycles. The second kappa shape index (κ2) is 9.34. The number of aliphatic hydroxyl groups is 1. The summed E-state index contributed by atoms with van der Waals surface area (Å²) in [6, 6.07) is 8.34. The molecule has 0 fully saturated rings. The molecule has 0 saturated carbocycles. The lowest BCUT2D eigenvalue weighted by Crippen LogP contribution is -2.27. The predicted molar refractivity (Wildman–Crippen MR) is 82.4 cm³/mol. The van der Waals surface area contributed by atoms with E-state index < -0.39 is 19.2 Å². The first-order chi connectivity index (χ1) is 10.1. The van der Waals surface area contributed by atoms with Gasteiger partial charge in [0.15, 0.2) is 0 Å². The van der Waals surface area contributed by atoms with Crippen molar-refractivity contribution >= 4 is 7.37 Å². The molecule has 0 amide bonds. The number of hydrogen-bond acceptors (Lipinski definition) is 5. The molecule has 0 spiro atoms. The smallest absolute Gasteiger partial charge is 0.285 e. The third-order valence-electron chi connectivity index (χ3n) is 2.92. The van der Waals surface area contributed by atoms with E-state index in [1.165, 1.54) is 0 Å². The molecule has 5 nitrogen and oxygen atoms in total. The molecule has 0 aliphatic carbocycles. The maximum absolute atomic E-state index is 13.1. The minimum atomic E-state index is -3.51. The average molecular weight is 316 g/mol. The van der Waals surface area contributed by atoms with E-state index >= 15 is 0 Å². The lowest BCUT2D eigenvalue weighted by atomic mass is 10.2. The number of benzene rings is 1. The van der Waals surface area contributed by atoms with Crippen LogP contribution in [0.15, 0.2) is 30.3 Å². The van der Waals surface area contributed by atoms with Crippen molar-refractivity contribution in [3.05, 3.63) is 35.9 Å². The third-order valence-corrected chi connectivity index (χ3v) is 5.48. The van der Waals surface area contributed by atoms with Gasteiger partial charge in [0.25, 0.3) is 7.37 Å². The Kier molecular flexibility index (Phi) is 8.15. The minimum absolute atomic E-state index is 0.222. The van der Waals surface area contributed by atoms with Crippen molar-refractivity contribution in [2.75, 3.05) is 19.8 Å². The van der Waals surface area contributed by atoms with Gasteiger partial charge in [0.05, 0.1) is 6.61 Å². The molecule has 0 aromatic heterocycles. The summed E-state index contributed by atoms with van der Waals surface area (Å²) in [5.74, 6) is -1.16. The van der Waals surface area contributed by atoms with Gasteiger partial charge in [-0.2, -0.15) is 0 Å². The molecule has 1 rings (SSSR count). The first-order valence-electron chi connectivity index (χ1n) is 7.27. The molecular weight excluding hydrogens is 291 g/mol. The summed E-state index contributed by atoms with van der Waals surface area (Å²) >= 11 is 0. The van der Waals surface area contributed by atoms with Crippen molar-refractivity contribution in [3.63, 3.8) is 0 Å². The van der Waals surface area contributed by atoms with Gasteiger partial charge >= 0.3 is 0 Å². The van der Waals surface area contributed by atoms with Crippen LogP contribution in [-0.4, -0.2) is 36.8 Å². The highest BCUT2D eigenvalue weighted by atomic mass is 31.2. The first kappa shape index (κ1) is 18.3. The van der Waals surface area contributed by atoms with E-state index in [2.05, 4.69) is 0 Å². The summed E-state index contributed by atoms with van der Waals surface area (Å²) in [5, 5.41) is 10.4. The van der Waals surface area contributed by atoms with Crippen molar-refractivity contribution in [1.29, 1.82) is 0 Å². The van der Waals surface area contributed by atoms with E-state index in [9.17, 15) is 9.67 Å². The Morgan fingerprint density at radius 3 is 2.10 bits per heavy atom. The Hall–Kier alpha value is -0.710. The van der Waals surface area contributed by atoms with Gasteiger partial charge in [-0.05, 0) is 26.3 Å². The van der Waals surface area contributed by atoms with Crippen LogP contribution in [0.3, 0.4) is 0 Å². The monoisotopic (exact) mass is 316 g/mol. The first-order valence-corrected chi connectivity index (χ1v) is 9.03. The molecule has 0 aliphatic heterocycles. The van der Waals surface area contributed by atoms with E-state index in [-0.39, 0.29) is 13.0 Å². The van der Waals surface area contributed by atoms with Gasteiger partial charge < -0.3 is 19.1 Å². The Bertz CT molecular complexity index is 431. The van der Waals surface area contributed by atoms with Crippen LogP contribution in [0.2, 0.25) is 0 Å². The lowest BCUT2D eigenvalue weighted by molar-refractivity contribution is -0.0922. The molecule has 2 atom stereocenters. The molecule has 2 unspecified atom stereocenters. The van der Waals surface area contributed by atoms with E-state index in [4.69, 9.17) is 14.0 Å². The fourth-order valence-electron chi connectivity index (χ4n) is 1.98. The third kappa shape index (κ3) is 5.20. The summed E-state index contributed by atoms with van der Waals surface area (Å²) in [6.07, 6.45) is 0.231. The molecule has 0 radical (unpaired) electrons. The van der Waals surface area contributed by atoms with E-state index in [0.29, 0.717) is 13.2 Å². The van der Waals surface area contributed by atoms with Gasteiger partial charge in [-0.25, -0.2) is 0 Å². The zero-order chi connectivity index (χ0) is 15.7. The standard InChI is InChI=1S/C15H25O5P/c1-4-18-15(19-5-2)21(17,20-6-3)14(16)12-13-10-8-7-9-11-13/h7-11,14-16H,4-6,12H2,1-3H3. The molecule has 120 valence electrons. The Labute approximate surface area is 126 Å². The highest BCUT2D eigenvalue weighted by molar-refractivity contribution is 7.59. The Balaban J connectivity index is 2.92. The topological polar surface area (TPSA) is 65.0 Å². The van der Waals surface area contributed by atoms with Crippen LogP contribution < -0.4 is 0 Å². The van der Waals surface area contributed by atoms with Gasteiger partial charge in [-0.1, -0.05) is 30.3 Å². The van der Waals surface area contributed by atoms with Crippen LogP contribution in [0.25, 0.3) is 0 Å². The molecule has 1 aromatic carbocycles. The van der Waals surface area contributed by atoms with Crippen LogP contribution in [0.5, 0.6) is 0 Å². The summed E-state index contributed by atoms with van der Waals surface area (Å²) in [5.41, 5.74) is 0.886. The van der Waals surface area contributed by atoms with E-state index in [0.717, 1.165) is 5.56 Å². The second-order valence-electron chi connectivity index (χ2n) is 4.45. The van der Waals surface area contributed by atoms with Crippen molar-refractivity contribution in [2.45, 2.75) is 39.1 Å². The van der Waals surface area contributed by atoms with Gasteiger partial charge in [-0.3, -0.25) is 4.57 Å². The van der Waals surface area contributed by atoms with E-state index in [1.807, 2.05) is 30.3 Å². The van der Waals surface area contributed by atoms with Gasteiger partial charge in [-0.15, -0.1) is 0 Å². The quantitative estimate of drug-likeness (QED) is 0.530. The molecular formula is C15H25O5P. The van der Waals surface area contributed by atoms with Crippen LogP contribution in [0.4, 0.5) is 0 Å². The van der Waals surface area contributed by atoms with Gasteiger partial charge in [0.2, 0.25) is 6.03 Å². The fraction of sp³-hybridized carbons (Fsp3) is 0.600. The maximum atomic E-state index is 13.1. The van der Waals surface area contributed by atoms with Crippen LogP contribution in [0.1, 0.15) is 26.3 Å². The van der Waals surface area contributed by atoms with Crippen LogP contribution >= 0.6 is 7.37 Å². The second-order valence-corrected chi connectivity index (χ2v) is 7.02. The largest absolute Gasteiger partial charge is 0.382 e. The molecule has 1 aromatic rings. The molecule has 0 heterocycles. The molecule has 1 N–H and O–H groups in total. The van der Waals surface area contributed by atoms with Crippen molar-refractivity contribution in [2.24, 2.45) is 0 Å². The van der Waals surface area contributed by atoms with Crippen molar-refractivity contribution < 1.29 is 23.7 Å². The van der Waals surface area contributed by atoms with Crippen molar-refractivity contribution in [3.8, 4) is 0 Å². The predicted octanol–water partition coefficient (Wildman–Crippen LogP) is 3.22. The number of ether oxygens (including phenoxy) is 2. The molecule has 21 heavy (non-hydrogen) atoms. The summed E-state index contributed by atoms with van der Waals surface area (Å²) < 4.78 is 29.2.